The van der Waals surface area contributed by atoms with Crippen molar-refractivity contribution in [3.05, 3.63) is 195 Å². The lowest BCUT2D eigenvalue weighted by Gasteiger charge is -2.21. The molecule has 0 aliphatic heterocycles. The van der Waals surface area contributed by atoms with E-state index in [4.69, 9.17) is 0 Å². The van der Waals surface area contributed by atoms with Crippen molar-refractivity contribution in [1.29, 1.82) is 0 Å². The van der Waals surface area contributed by atoms with Gasteiger partial charge in [0.1, 0.15) is 0 Å². The monoisotopic (exact) mass is 671 g/mol. The van der Waals surface area contributed by atoms with E-state index in [1.165, 1.54) is 81.8 Å². The molecular formula is C50H70. The third kappa shape index (κ3) is 20.8. The van der Waals surface area contributed by atoms with Gasteiger partial charge in [0.25, 0.3) is 0 Å². The lowest BCUT2D eigenvalue weighted by Crippen LogP contribution is -2.03. The van der Waals surface area contributed by atoms with Crippen molar-refractivity contribution in [2.24, 2.45) is 0 Å². The molecule has 7 rings (SSSR count). The van der Waals surface area contributed by atoms with Crippen molar-refractivity contribution in [3.63, 3.8) is 0 Å². The van der Waals surface area contributed by atoms with Crippen LogP contribution in [0.25, 0.3) is 11.1 Å². The fourth-order valence-electron chi connectivity index (χ4n) is 5.97. The molecule has 0 aromatic heterocycles. The molecule has 0 N–H and O–H groups in total. The maximum atomic E-state index is 3.36. The Morgan fingerprint density at radius 1 is 0.440 bits per heavy atom. The Labute approximate surface area is 311 Å². The average molecular weight is 671 g/mol. The summed E-state index contributed by atoms with van der Waals surface area (Å²) in [5, 5.41) is 0. The maximum Gasteiger partial charge on any atom is 0 e. The third-order valence-electron chi connectivity index (χ3n) is 8.30. The van der Waals surface area contributed by atoms with Crippen molar-refractivity contribution < 1.29 is 2.85 Å². The van der Waals surface area contributed by atoms with Crippen molar-refractivity contribution in [3.8, 4) is 11.1 Å². The van der Waals surface area contributed by atoms with Crippen molar-refractivity contribution >= 4 is 0 Å². The molecule has 50 heavy (non-hydrogen) atoms. The highest BCUT2D eigenvalue weighted by atomic mass is 14.2. The second-order valence-corrected chi connectivity index (χ2v) is 12.5. The predicted octanol–water partition coefficient (Wildman–Crippen LogP) is 16.4. The van der Waals surface area contributed by atoms with E-state index in [9.17, 15) is 0 Å². The van der Waals surface area contributed by atoms with Crippen LogP contribution in [0, 0.1) is 0 Å². The lowest BCUT2D eigenvalue weighted by atomic mass is 9.84. The molecule has 0 amide bonds. The number of rotatable bonds is 3. The van der Waals surface area contributed by atoms with Gasteiger partial charge in [0.2, 0.25) is 0 Å². The SMILES string of the molecule is C=C.C=CC.CCC.[HH].[HH].c1ccc(-c2ccccc2)cc1.c1ccc(C2CCCCC2)cc1.c1ccc(C2CCCCC2)cc1.c1ccccc1. The van der Waals surface area contributed by atoms with E-state index in [1.54, 1.807) is 17.2 Å². The molecule has 270 valence electrons. The largest absolute Gasteiger partial charge is 0.106 e. The molecule has 5 aromatic carbocycles. The highest BCUT2D eigenvalue weighted by Crippen LogP contribution is 2.33. The van der Waals surface area contributed by atoms with E-state index >= 15 is 0 Å². The second kappa shape index (κ2) is 31.8. The molecule has 0 spiro atoms. The Morgan fingerprint density at radius 2 is 0.640 bits per heavy atom. The highest BCUT2D eigenvalue weighted by molar-refractivity contribution is 5.62. The van der Waals surface area contributed by atoms with Crippen LogP contribution in [0.1, 0.15) is 117 Å². The average Bonchev–Trinajstić information content (AvgIpc) is 3.23. The van der Waals surface area contributed by atoms with Crippen LogP contribution in [0.3, 0.4) is 0 Å². The van der Waals surface area contributed by atoms with Crippen LogP contribution in [0.4, 0.5) is 0 Å². The molecule has 2 saturated carbocycles. The van der Waals surface area contributed by atoms with Gasteiger partial charge in [-0.2, -0.15) is 0 Å². The minimum Gasteiger partial charge on any atom is -0.106 e. The van der Waals surface area contributed by atoms with Crippen LogP contribution in [-0.2, 0) is 0 Å². The third-order valence-corrected chi connectivity index (χ3v) is 8.30. The first-order valence-electron chi connectivity index (χ1n) is 19.0. The van der Waals surface area contributed by atoms with Gasteiger partial charge in [-0.05, 0) is 66.7 Å². The van der Waals surface area contributed by atoms with Crippen molar-refractivity contribution in [2.45, 2.75) is 103 Å². The molecule has 0 atom stereocenters. The molecule has 0 nitrogen and oxygen atoms in total. The summed E-state index contributed by atoms with van der Waals surface area (Å²) >= 11 is 0. The Balaban J connectivity index is 0. The topological polar surface area (TPSA) is 0 Å². The molecule has 0 radical (unpaired) electrons. The van der Waals surface area contributed by atoms with Crippen molar-refractivity contribution in [2.75, 3.05) is 0 Å². The zero-order valence-electron chi connectivity index (χ0n) is 31.6. The Kier molecular flexibility index (Phi) is 27.8. The van der Waals surface area contributed by atoms with Gasteiger partial charge >= 0.3 is 0 Å². The van der Waals surface area contributed by atoms with Gasteiger partial charge in [-0.1, -0.05) is 223 Å². The van der Waals surface area contributed by atoms with Crippen LogP contribution in [0.15, 0.2) is 184 Å². The van der Waals surface area contributed by atoms with Crippen LogP contribution in [-0.4, -0.2) is 0 Å². The maximum absolute atomic E-state index is 3.36. The standard InChI is InChI=1S/2C12H16.C12H10.C6H6.C3H8.C3H6.C2H4.2H2/c3*1-3-7-11(8-4-1)12-9-5-2-6-10-12;1-2-4-6-5-3-1;2*1-3-2;1-2;;/h2*1,3-4,7-8,12H,2,5-6,9-10H2;1-10H;1-6H;3H2,1-2H3;3H,1H2,2H3;1-2H2;2*1H. The van der Waals surface area contributed by atoms with E-state index < -0.39 is 0 Å². The smallest absolute Gasteiger partial charge is 0 e. The van der Waals surface area contributed by atoms with E-state index in [2.05, 4.69) is 143 Å². The number of benzene rings is 5. The van der Waals surface area contributed by atoms with Gasteiger partial charge in [0.05, 0.1) is 0 Å². The zero-order valence-corrected chi connectivity index (χ0v) is 31.6. The fourth-order valence-corrected chi connectivity index (χ4v) is 5.97. The number of allylic oxidation sites excluding steroid dienone is 1. The summed E-state index contributed by atoms with van der Waals surface area (Å²) < 4.78 is 0. The van der Waals surface area contributed by atoms with Crippen LogP contribution in [0.5, 0.6) is 0 Å². The molecule has 0 heterocycles. The quantitative estimate of drug-likeness (QED) is 0.168. The molecule has 2 aliphatic carbocycles. The minimum absolute atomic E-state index is 0. The number of hydrogen-bond donors (Lipinski definition) is 0. The van der Waals surface area contributed by atoms with Crippen LogP contribution < -0.4 is 0 Å². The molecule has 0 heteroatoms. The van der Waals surface area contributed by atoms with Gasteiger partial charge in [0, 0.05) is 2.85 Å². The van der Waals surface area contributed by atoms with E-state index in [1.807, 2.05) is 55.5 Å². The first-order chi connectivity index (χ1) is 24.7. The van der Waals surface area contributed by atoms with E-state index in [0.29, 0.717) is 0 Å². The minimum atomic E-state index is 0. The summed E-state index contributed by atoms with van der Waals surface area (Å²) in [5.41, 5.74) is 5.66. The van der Waals surface area contributed by atoms with Gasteiger partial charge in [-0.3, -0.25) is 0 Å². The van der Waals surface area contributed by atoms with Gasteiger partial charge in [0.15, 0.2) is 0 Å². The highest BCUT2D eigenvalue weighted by Gasteiger charge is 2.15. The summed E-state index contributed by atoms with van der Waals surface area (Å²) in [4.78, 5) is 0. The Morgan fingerprint density at radius 3 is 0.880 bits per heavy atom. The van der Waals surface area contributed by atoms with Gasteiger partial charge < -0.3 is 0 Å². The van der Waals surface area contributed by atoms with E-state index in [-0.39, 0.29) is 2.85 Å². The summed E-state index contributed by atoms with van der Waals surface area (Å²) in [6, 6.07) is 54.7. The van der Waals surface area contributed by atoms with Gasteiger partial charge in [-0.15, -0.1) is 19.7 Å². The molecule has 5 aromatic rings. The molecule has 0 unspecified atom stereocenters. The summed E-state index contributed by atoms with van der Waals surface area (Å²) in [7, 11) is 0. The molecule has 0 bridgehead atoms. The molecule has 2 fully saturated rings. The number of hydrogen-bond acceptors (Lipinski definition) is 0. The van der Waals surface area contributed by atoms with Crippen LogP contribution in [0.2, 0.25) is 0 Å². The second-order valence-electron chi connectivity index (χ2n) is 12.5. The Hall–Kier alpha value is -4.42. The van der Waals surface area contributed by atoms with E-state index in [0.717, 1.165) is 11.8 Å². The summed E-state index contributed by atoms with van der Waals surface area (Å²) in [6.45, 7) is 15.5. The van der Waals surface area contributed by atoms with Crippen LogP contribution >= 0.6 is 0 Å². The summed E-state index contributed by atoms with van der Waals surface area (Å²) in [6.07, 6.45) is 17.2. The van der Waals surface area contributed by atoms with Crippen molar-refractivity contribution in [1.82, 2.24) is 0 Å². The zero-order chi connectivity index (χ0) is 36.3. The Bertz CT molecular complexity index is 1260. The first-order valence-corrected chi connectivity index (χ1v) is 19.0. The molecule has 2 aliphatic rings. The normalized spacial score (nSPS) is 13.3. The molecular weight excluding hydrogens is 601 g/mol. The summed E-state index contributed by atoms with van der Waals surface area (Å²) in [5.74, 6) is 1.72. The first kappa shape index (κ1) is 43.6. The predicted molar refractivity (Wildman–Crippen MR) is 230 cm³/mol. The lowest BCUT2D eigenvalue weighted by molar-refractivity contribution is 0.443. The van der Waals surface area contributed by atoms with Gasteiger partial charge in [-0.25, -0.2) is 0 Å². The fraction of sp³-hybridized carbons (Fsp3) is 0.320. The molecule has 0 saturated heterocycles.